The predicted molar refractivity (Wildman–Crippen MR) is 100 cm³/mol. The summed E-state index contributed by atoms with van der Waals surface area (Å²) in [5.41, 5.74) is -0.0540. The minimum absolute atomic E-state index is 0.0775. The van der Waals surface area contributed by atoms with Gasteiger partial charge in [0.25, 0.3) is 5.91 Å². The Morgan fingerprint density at radius 2 is 1.89 bits per heavy atom. The molecule has 0 radical (unpaired) electrons. The lowest BCUT2D eigenvalue weighted by Gasteiger charge is -2.31. The van der Waals surface area contributed by atoms with Crippen molar-refractivity contribution in [2.45, 2.75) is 6.18 Å². The van der Waals surface area contributed by atoms with Gasteiger partial charge in [-0.05, 0) is 36.4 Å². The van der Waals surface area contributed by atoms with Crippen molar-refractivity contribution in [2.24, 2.45) is 0 Å². The van der Waals surface area contributed by atoms with Gasteiger partial charge in [-0.25, -0.2) is 0 Å². The summed E-state index contributed by atoms with van der Waals surface area (Å²) < 4.78 is 49.8. The summed E-state index contributed by atoms with van der Waals surface area (Å²) >= 11 is 6.04. The van der Waals surface area contributed by atoms with Crippen LogP contribution >= 0.6 is 11.6 Å². The molecular formula is C19H18ClF3N2O3. The average molecular weight is 415 g/mol. The van der Waals surface area contributed by atoms with Crippen LogP contribution in [0.2, 0.25) is 5.02 Å². The number of morpholine rings is 1. The highest BCUT2D eigenvalue weighted by Gasteiger charge is 2.32. The lowest BCUT2D eigenvalue weighted by Crippen LogP contribution is -2.36. The maximum Gasteiger partial charge on any atom is 0.416 e. The third-order valence-corrected chi connectivity index (χ3v) is 4.63. The average Bonchev–Trinajstić information content (AvgIpc) is 2.67. The van der Waals surface area contributed by atoms with Gasteiger partial charge in [0.2, 0.25) is 0 Å². The van der Waals surface area contributed by atoms with Crippen molar-refractivity contribution in [3.63, 3.8) is 0 Å². The zero-order chi connectivity index (χ0) is 20.3. The molecule has 1 saturated heterocycles. The van der Waals surface area contributed by atoms with E-state index in [0.717, 1.165) is 12.1 Å². The molecule has 28 heavy (non-hydrogen) atoms. The summed E-state index contributed by atoms with van der Waals surface area (Å²) in [4.78, 5) is 14.5. The number of hydrogen-bond acceptors (Lipinski definition) is 4. The van der Waals surface area contributed by atoms with E-state index < -0.39 is 17.6 Å². The molecule has 0 unspecified atom stereocenters. The molecule has 0 aliphatic carbocycles. The minimum Gasteiger partial charge on any atom is -0.495 e. The normalized spacial score (nSPS) is 14.7. The van der Waals surface area contributed by atoms with Crippen LogP contribution in [0.15, 0.2) is 36.4 Å². The van der Waals surface area contributed by atoms with E-state index in [-0.39, 0.29) is 16.3 Å². The Morgan fingerprint density at radius 1 is 1.18 bits per heavy atom. The molecule has 0 atom stereocenters. The molecule has 1 aliphatic rings. The fourth-order valence-electron chi connectivity index (χ4n) is 2.89. The minimum atomic E-state index is -4.52. The molecule has 0 spiro atoms. The molecule has 3 rings (SSSR count). The molecule has 1 aliphatic heterocycles. The van der Waals surface area contributed by atoms with Crippen LogP contribution in [-0.2, 0) is 10.9 Å². The molecule has 9 heteroatoms. The van der Waals surface area contributed by atoms with Gasteiger partial charge in [-0.3, -0.25) is 4.79 Å². The summed E-state index contributed by atoms with van der Waals surface area (Å²) in [5.74, 6) is -0.176. The topological polar surface area (TPSA) is 50.8 Å². The second-order valence-corrected chi connectivity index (χ2v) is 6.54. The number of nitrogens with zero attached hydrogens (tertiary/aromatic N) is 1. The van der Waals surface area contributed by atoms with E-state index in [9.17, 15) is 18.0 Å². The van der Waals surface area contributed by atoms with Crippen LogP contribution in [0.25, 0.3) is 0 Å². The van der Waals surface area contributed by atoms with Gasteiger partial charge in [-0.15, -0.1) is 0 Å². The third kappa shape index (κ3) is 4.51. The molecule has 2 aromatic carbocycles. The first-order valence-corrected chi connectivity index (χ1v) is 8.86. The van der Waals surface area contributed by atoms with E-state index in [0.29, 0.717) is 37.7 Å². The van der Waals surface area contributed by atoms with E-state index in [1.54, 1.807) is 0 Å². The largest absolute Gasteiger partial charge is 0.495 e. The second-order valence-electron chi connectivity index (χ2n) is 6.13. The third-order valence-electron chi connectivity index (χ3n) is 4.34. The number of carbonyl (C=O) groups excluding carboxylic acids is 1. The van der Waals surface area contributed by atoms with Crippen LogP contribution in [0.4, 0.5) is 24.5 Å². The predicted octanol–water partition coefficient (Wildman–Crippen LogP) is 4.46. The van der Waals surface area contributed by atoms with Crippen LogP contribution in [0.5, 0.6) is 5.75 Å². The number of benzene rings is 2. The van der Waals surface area contributed by atoms with Crippen molar-refractivity contribution in [1.29, 1.82) is 0 Å². The van der Waals surface area contributed by atoms with Gasteiger partial charge in [0, 0.05) is 18.7 Å². The molecular weight excluding hydrogens is 397 g/mol. The first kappa shape index (κ1) is 20.3. The smallest absolute Gasteiger partial charge is 0.416 e. The monoisotopic (exact) mass is 414 g/mol. The zero-order valence-corrected chi connectivity index (χ0v) is 15.7. The number of halogens is 4. The van der Waals surface area contributed by atoms with Crippen molar-refractivity contribution >= 4 is 28.9 Å². The maximum absolute atomic E-state index is 13.2. The highest BCUT2D eigenvalue weighted by atomic mass is 35.5. The number of carbonyl (C=O) groups is 1. The summed E-state index contributed by atoms with van der Waals surface area (Å²) in [7, 11) is 1.44. The number of ether oxygens (including phenoxy) is 2. The van der Waals surface area contributed by atoms with Crippen molar-refractivity contribution in [1.82, 2.24) is 0 Å². The molecule has 1 heterocycles. The van der Waals surface area contributed by atoms with Gasteiger partial charge in [0.15, 0.2) is 0 Å². The van der Waals surface area contributed by atoms with Gasteiger partial charge in [0.05, 0.1) is 42.3 Å². The highest BCUT2D eigenvalue weighted by molar-refractivity contribution is 6.32. The fraction of sp³-hybridized carbons (Fsp3) is 0.316. The Balaban J connectivity index is 1.93. The van der Waals surface area contributed by atoms with E-state index >= 15 is 0 Å². The molecule has 5 nitrogen and oxygen atoms in total. The van der Waals surface area contributed by atoms with Gasteiger partial charge in [-0.2, -0.15) is 13.2 Å². The van der Waals surface area contributed by atoms with Gasteiger partial charge >= 0.3 is 6.18 Å². The van der Waals surface area contributed by atoms with Gasteiger partial charge in [-0.1, -0.05) is 11.6 Å². The van der Waals surface area contributed by atoms with E-state index in [4.69, 9.17) is 21.1 Å². The van der Waals surface area contributed by atoms with E-state index in [1.807, 2.05) is 4.90 Å². The van der Waals surface area contributed by atoms with Crippen LogP contribution in [0.1, 0.15) is 15.9 Å². The molecule has 2 aromatic rings. The van der Waals surface area contributed by atoms with Crippen molar-refractivity contribution in [2.75, 3.05) is 43.6 Å². The number of amides is 1. The molecule has 150 valence electrons. The lowest BCUT2D eigenvalue weighted by molar-refractivity contribution is -0.137. The Labute approximate surface area is 165 Å². The van der Waals surface area contributed by atoms with Crippen molar-refractivity contribution in [3.8, 4) is 5.75 Å². The quantitative estimate of drug-likeness (QED) is 0.802. The van der Waals surface area contributed by atoms with Crippen molar-refractivity contribution < 1.29 is 27.4 Å². The first-order chi connectivity index (χ1) is 13.3. The number of alkyl halides is 3. The number of anilines is 2. The Hall–Kier alpha value is -2.45. The van der Waals surface area contributed by atoms with Crippen molar-refractivity contribution in [3.05, 3.63) is 52.5 Å². The summed E-state index contributed by atoms with van der Waals surface area (Å²) in [6.45, 7) is 1.95. The van der Waals surface area contributed by atoms with Gasteiger partial charge < -0.3 is 19.7 Å². The number of methoxy groups -OCH3 is 1. The molecule has 0 aromatic heterocycles. The van der Waals surface area contributed by atoms with Crippen LogP contribution < -0.4 is 15.0 Å². The molecule has 1 N–H and O–H groups in total. The van der Waals surface area contributed by atoms with Crippen LogP contribution in [-0.4, -0.2) is 39.3 Å². The molecule has 0 bridgehead atoms. The molecule has 0 saturated carbocycles. The number of nitrogens with one attached hydrogen (secondary N) is 1. The SMILES string of the molecule is COc1ccc(C(=O)Nc2cc(C(F)(F)F)ccc2N2CCOCC2)cc1Cl. The lowest BCUT2D eigenvalue weighted by atomic mass is 10.1. The summed E-state index contributed by atoms with van der Waals surface area (Å²) in [6, 6.07) is 7.72. The molecule has 1 amide bonds. The fourth-order valence-corrected chi connectivity index (χ4v) is 3.15. The summed E-state index contributed by atoms with van der Waals surface area (Å²) in [6.07, 6.45) is -4.52. The Morgan fingerprint density at radius 3 is 2.50 bits per heavy atom. The standard InChI is InChI=1S/C19H18ClF3N2O3/c1-27-17-5-2-12(10-14(17)20)18(26)24-15-11-13(19(21,22)23)3-4-16(15)25-6-8-28-9-7-25/h2-5,10-11H,6-9H2,1H3,(H,24,26). The number of rotatable bonds is 4. The molecule has 1 fully saturated rings. The first-order valence-electron chi connectivity index (χ1n) is 8.48. The Bertz CT molecular complexity index is 868. The second kappa shape index (κ2) is 8.28. The van der Waals surface area contributed by atoms with E-state index in [1.165, 1.54) is 31.4 Å². The van der Waals surface area contributed by atoms with Gasteiger partial charge in [0.1, 0.15) is 5.75 Å². The number of hydrogen-bond donors (Lipinski definition) is 1. The summed E-state index contributed by atoms with van der Waals surface area (Å²) in [5, 5.41) is 2.81. The maximum atomic E-state index is 13.2. The highest BCUT2D eigenvalue weighted by Crippen LogP contribution is 2.36. The Kier molecular flexibility index (Phi) is 6.00. The van der Waals surface area contributed by atoms with Crippen LogP contribution in [0.3, 0.4) is 0 Å². The van der Waals surface area contributed by atoms with Crippen LogP contribution in [0, 0.1) is 0 Å². The zero-order valence-electron chi connectivity index (χ0n) is 15.0. The van der Waals surface area contributed by atoms with E-state index in [2.05, 4.69) is 5.32 Å².